The first kappa shape index (κ1) is 12.7. The first-order valence-corrected chi connectivity index (χ1v) is 5.97. The number of nitrogens with one attached hydrogen (secondary N) is 1. The van der Waals surface area contributed by atoms with Crippen LogP contribution < -0.4 is 5.32 Å². The highest BCUT2D eigenvalue weighted by Crippen LogP contribution is 2.36. The number of alkyl halides is 3. The summed E-state index contributed by atoms with van der Waals surface area (Å²) in [6, 6.07) is 3.85. The molecule has 0 spiro atoms. The smallest absolute Gasteiger partial charge is 0.379 e. The zero-order valence-electron chi connectivity index (χ0n) is 8.85. The van der Waals surface area contributed by atoms with Gasteiger partial charge in [0.2, 0.25) is 0 Å². The number of anilines is 1. The largest absolute Gasteiger partial charge is 0.418 e. The average molecular weight is 310 g/mol. The lowest BCUT2D eigenvalue weighted by molar-refractivity contribution is -0.137. The molecule has 1 unspecified atom stereocenters. The molecule has 0 aliphatic carbocycles. The van der Waals surface area contributed by atoms with Gasteiger partial charge in [0.15, 0.2) is 0 Å². The maximum absolute atomic E-state index is 12.8. The zero-order chi connectivity index (χ0) is 12.5. The van der Waals surface area contributed by atoms with Crippen LogP contribution in [-0.2, 0) is 10.9 Å². The molecule has 1 aromatic carbocycles. The first-order valence-electron chi connectivity index (χ1n) is 5.18. The van der Waals surface area contributed by atoms with Gasteiger partial charge in [-0.1, -0.05) is 15.9 Å². The molecule has 1 aliphatic rings. The van der Waals surface area contributed by atoms with Crippen LogP contribution in [0.1, 0.15) is 12.0 Å². The summed E-state index contributed by atoms with van der Waals surface area (Å²) in [5.41, 5.74) is -0.546. The molecular formula is C11H11BrF3NO. The Kier molecular flexibility index (Phi) is 3.63. The summed E-state index contributed by atoms with van der Waals surface area (Å²) < 4.78 is 44.0. The summed E-state index contributed by atoms with van der Waals surface area (Å²) in [6.45, 7) is 1.04. The molecule has 17 heavy (non-hydrogen) atoms. The Balaban J connectivity index is 2.26. The molecule has 1 atom stereocenters. The van der Waals surface area contributed by atoms with Crippen molar-refractivity contribution in [3.05, 3.63) is 28.2 Å². The van der Waals surface area contributed by atoms with E-state index < -0.39 is 11.7 Å². The lowest BCUT2D eigenvalue weighted by Gasteiger charge is -2.18. The van der Waals surface area contributed by atoms with Gasteiger partial charge in [-0.15, -0.1) is 0 Å². The summed E-state index contributed by atoms with van der Waals surface area (Å²) in [5, 5.41) is 2.88. The maximum atomic E-state index is 12.8. The van der Waals surface area contributed by atoms with Crippen LogP contribution in [0.3, 0.4) is 0 Å². The number of hydrogen-bond acceptors (Lipinski definition) is 2. The van der Waals surface area contributed by atoms with E-state index in [9.17, 15) is 13.2 Å². The molecule has 94 valence electrons. The van der Waals surface area contributed by atoms with Crippen LogP contribution in [0.2, 0.25) is 0 Å². The van der Waals surface area contributed by atoms with Gasteiger partial charge in [0.05, 0.1) is 18.2 Å². The third kappa shape index (κ3) is 3.13. The second-order valence-corrected chi connectivity index (χ2v) is 4.81. The SMILES string of the molecule is FC(F)(F)c1ccc(Br)cc1NC1CCOC1. The van der Waals surface area contributed by atoms with E-state index in [0.717, 1.165) is 12.5 Å². The Bertz CT molecular complexity index is 402. The van der Waals surface area contributed by atoms with E-state index in [-0.39, 0.29) is 11.7 Å². The molecule has 1 heterocycles. The van der Waals surface area contributed by atoms with Gasteiger partial charge >= 0.3 is 6.18 Å². The van der Waals surface area contributed by atoms with Crippen molar-refractivity contribution in [3.8, 4) is 0 Å². The Morgan fingerprint density at radius 1 is 1.35 bits per heavy atom. The fourth-order valence-corrected chi connectivity index (χ4v) is 2.11. The molecule has 1 N–H and O–H groups in total. The zero-order valence-corrected chi connectivity index (χ0v) is 10.4. The van der Waals surface area contributed by atoms with Gasteiger partial charge in [-0.3, -0.25) is 0 Å². The van der Waals surface area contributed by atoms with Gasteiger partial charge in [-0.25, -0.2) is 0 Å². The lowest BCUT2D eigenvalue weighted by Crippen LogP contribution is -2.21. The number of hydrogen-bond donors (Lipinski definition) is 1. The van der Waals surface area contributed by atoms with Crippen molar-refractivity contribution >= 4 is 21.6 Å². The van der Waals surface area contributed by atoms with Crippen LogP contribution in [0.25, 0.3) is 0 Å². The van der Waals surface area contributed by atoms with Crippen molar-refractivity contribution in [3.63, 3.8) is 0 Å². The van der Waals surface area contributed by atoms with Crippen LogP contribution in [-0.4, -0.2) is 19.3 Å². The van der Waals surface area contributed by atoms with Crippen LogP contribution in [0.15, 0.2) is 22.7 Å². The number of ether oxygens (including phenoxy) is 1. The first-order chi connectivity index (χ1) is 7.97. The Hall–Kier alpha value is -0.750. The minimum atomic E-state index is -4.34. The highest BCUT2D eigenvalue weighted by molar-refractivity contribution is 9.10. The van der Waals surface area contributed by atoms with Gasteiger partial charge in [-0.05, 0) is 24.6 Å². The van der Waals surface area contributed by atoms with E-state index in [1.54, 1.807) is 0 Å². The van der Waals surface area contributed by atoms with Crippen molar-refractivity contribution in [2.24, 2.45) is 0 Å². The average Bonchev–Trinajstić information content (AvgIpc) is 2.68. The van der Waals surface area contributed by atoms with E-state index in [4.69, 9.17) is 4.74 Å². The summed E-state index contributed by atoms with van der Waals surface area (Å²) in [6.07, 6.45) is -3.62. The highest BCUT2D eigenvalue weighted by atomic mass is 79.9. The Morgan fingerprint density at radius 3 is 2.71 bits per heavy atom. The van der Waals surface area contributed by atoms with E-state index in [1.165, 1.54) is 12.1 Å². The number of halogens is 4. The molecule has 1 saturated heterocycles. The van der Waals surface area contributed by atoms with Crippen molar-refractivity contribution in [2.75, 3.05) is 18.5 Å². The van der Waals surface area contributed by atoms with Crippen LogP contribution in [0.4, 0.5) is 18.9 Å². The fraction of sp³-hybridized carbons (Fsp3) is 0.455. The molecule has 0 amide bonds. The highest BCUT2D eigenvalue weighted by Gasteiger charge is 2.34. The quantitative estimate of drug-likeness (QED) is 0.900. The number of benzene rings is 1. The number of rotatable bonds is 2. The summed E-state index contributed by atoms with van der Waals surface area (Å²) in [4.78, 5) is 0. The van der Waals surface area contributed by atoms with Crippen molar-refractivity contribution in [1.29, 1.82) is 0 Å². The summed E-state index contributed by atoms with van der Waals surface area (Å²) in [7, 11) is 0. The van der Waals surface area contributed by atoms with Crippen molar-refractivity contribution in [1.82, 2.24) is 0 Å². The van der Waals surface area contributed by atoms with E-state index in [2.05, 4.69) is 21.2 Å². The second-order valence-electron chi connectivity index (χ2n) is 3.89. The summed E-state index contributed by atoms with van der Waals surface area (Å²) in [5.74, 6) is 0. The molecule has 0 bridgehead atoms. The van der Waals surface area contributed by atoms with Crippen molar-refractivity contribution < 1.29 is 17.9 Å². The fourth-order valence-electron chi connectivity index (χ4n) is 1.75. The molecule has 2 rings (SSSR count). The Labute approximate surface area is 105 Å². The lowest BCUT2D eigenvalue weighted by atomic mass is 10.1. The standard InChI is InChI=1S/C11H11BrF3NO/c12-7-1-2-9(11(13,14)15)10(5-7)16-8-3-4-17-6-8/h1-2,5,8,16H,3-4,6H2. The summed E-state index contributed by atoms with van der Waals surface area (Å²) >= 11 is 3.17. The predicted molar refractivity (Wildman–Crippen MR) is 62.0 cm³/mol. The van der Waals surface area contributed by atoms with Gasteiger partial charge in [0, 0.05) is 16.8 Å². The predicted octanol–water partition coefficient (Wildman–Crippen LogP) is 3.67. The topological polar surface area (TPSA) is 21.3 Å². The Morgan fingerprint density at radius 2 is 2.12 bits per heavy atom. The molecule has 1 aromatic rings. The normalized spacial score (nSPS) is 20.6. The third-order valence-corrected chi connectivity index (χ3v) is 3.07. The van der Waals surface area contributed by atoms with E-state index >= 15 is 0 Å². The maximum Gasteiger partial charge on any atom is 0.418 e. The van der Waals surface area contributed by atoms with Crippen LogP contribution in [0.5, 0.6) is 0 Å². The second kappa shape index (κ2) is 4.86. The molecule has 0 radical (unpaired) electrons. The van der Waals surface area contributed by atoms with Gasteiger partial charge in [-0.2, -0.15) is 13.2 Å². The third-order valence-electron chi connectivity index (χ3n) is 2.58. The van der Waals surface area contributed by atoms with Gasteiger partial charge in [0.25, 0.3) is 0 Å². The van der Waals surface area contributed by atoms with Crippen molar-refractivity contribution in [2.45, 2.75) is 18.6 Å². The molecule has 0 saturated carbocycles. The molecule has 1 aliphatic heterocycles. The van der Waals surface area contributed by atoms with Crippen LogP contribution in [0, 0.1) is 0 Å². The molecule has 1 fully saturated rings. The van der Waals surface area contributed by atoms with Crippen LogP contribution >= 0.6 is 15.9 Å². The monoisotopic (exact) mass is 309 g/mol. The van der Waals surface area contributed by atoms with Gasteiger partial charge < -0.3 is 10.1 Å². The molecular weight excluding hydrogens is 299 g/mol. The minimum Gasteiger partial charge on any atom is -0.379 e. The van der Waals surface area contributed by atoms with E-state index in [0.29, 0.717) is 17.7 Å². The minimum absolute atomic E-state index is 0.0506. The van der Waals surface area contributed by atoms with E-state index in [1.807, 2.05) is 0 Å². The molecule has 6 heteroatoms. The molecule has 0 aromatic heterocycles. The molecule has 2 nitrogen and oxygen atoms in total. The van der Waals surface area contributed by atoms with Gasteiger partial charge in [0.1, 0.15) is 0 Å².